The quantitative estimate of drug-likeness (QED) is 0.603. The van der Waals surface area contributed by atoms with Gasteiger partial charge in [0.1, 0.15) is 29.0 Å². The minimum Gasteiger partial charge on any atom is -0.507 e. The van der Waals surface area contributed by atoms with Crippen LogP contribution in [-0.2, 0) is 11.2 Å². The highest BCUT2D eigenvalue weighted by molar-refractivity contribution is 6.30. The van der Waals surface area contributed by atoms with Gasteiger partial charge >= 0.3 is 0 Å². The van der Waals surface area contributed by atoms with Crippen molar-refractivity contribution < 1.29 is 23.5 Å². The molecule has 0 bridgehead atoms. The van der Waals surface area contributed by atoms with Gasteiger partial charge in [0.2, 0.25) is 5.91 Å². The minimum atomic E-state index is -1.35. The van der Waals surface area contributed by atoms with E-state index >= 15 is 0 Å². The van der Waals surface area contributed by atoms with Crippen LogP contribution in [0.3, 0.4) is 0 Å². The van der Waals surface area contributed by atoms with Crippen LogP contribution in [-0.4, -0.2) is 26.8 Å². The summed E-state index contributed by atoms with van der Waals surface area (Å²) in [6.45, 7) is 0. The third-order valence-corrected chi connectivity index (χ3v) is 5.76. The van der Waals surface area contributed by atoms with E-state index in [2.05, 4.69) is 4.98 Å². The Morgan fingerprint density at radius 3 is 2.62 bits per heavy atom. The van der Waals surface area contributed by atoms with E-state index in [1.165, 1.54) is 30.6 Å². The molecule has 9 heteroatoms. The van der Waals surface area contributed by atoms with Crippen LogP contribution in [0.25, 0.3) is 0 Å². The molecule has 6 nitrogen and oxygen atoms in total. The van der Waals surface area contributed by atoms with Crippen LogP contribution >= 0.6 is 11.6 Å². The van der Waals surface area contributed by atoms with Gasteiger partial charge in [-0.3, -0.25) is 14.6 Å². The molecule has 0 saturated carbocycles. The molecular formula is C23H18ClF2N3O3. The lowest BCUT2D eigenvalue weighted by Crippen LogP contribution is -2.43. The lowest BCUT2D eigenvalue weighted by atomic mass is 9.98. The van der Waals surface area contributed by atoms with Crippen LogP contribution in [0.5, 0.6) is 5.75 Å². The lowest BCUT2D eigenvalue weighted by Gasteiger charge is -2.36. The van der Waals surface area contributed by atoms with Crippen molar-refractivity contribution in [2.24, 2.45) is 5.73 Å². The molecule has 2 amide bonds. The van der Waals surface area contributed by atoms with Crippen LogP contribution in [0.1, 0.15) is 45.6 Å². The average molecular weight is 458 g/mol. The average Bonchev–Trinajstić information content (AvgIpc) is 3.15. The second-order valence-corrected chi connectivity index (χ2v) is 7.88. The molecule has 1 aromatic heterocycles. The van der Waals surface area contributed by atoms with Crippen molar-refractivity contribution in [3.63, 3.8) is 0 Å². The molecule has 2 aromatic carbocycles. The second-order valence-electron chi connectivity index (χ2n) is 7.45. The first kappa shape index (κ1) is 21.7. The largest absolute Gasteiger partial charge is 0.507 e. The van der Waals surface area contributed by atoms with Gasteiger partial charge in [-0.1, -0.05) is 23.7 Å². The number of aromatic hydroxyl groups is 1. The molecule has 3 aromatic rings. The smallest absolute Gasteiger partial charge is 0.262 e. The van der Waals surface area contributed by atoms with Crippen LogP contribution in [0, 0.1) is 11.6 Å². The van der Waals surface area contributed by atoms with E-state index in [4.69, 9.17) is 17.3 Å². The predicted molar refractivity (Wildman–Crippen MR) is 113 cm³/mol. The number of phenolic OH excluding ortho intramolecular Hbond substituents is 1. The van der Waals surface area contributed by atoms with Gasteiger partial charge in [0.15, 0.2) is 0 Å². The molecule has 0 fully saturated rings. The summed E-state index contributed by atoms with van der Waals surface area (Å²) in [6, 6.07) is 7.04. The highest BCUT2D eigenvalue weighted by Gasteiger charge is 2.41. The summed E-state index contributed by atoms with van der Waals surface area (Å²) in [5, 5.41) is 10.3. The Kier molecular flexibility index (Phi) is 5.80. The fourth-order valence-electron chi connectivity index (χ4n) is 4.20. The van der Waals surface area contributed by atoms with Crippen molar-refractivity contribution >= 4 is 23.4 Å². The van der Waals surface area contributed by atoms with Crippen molar-refractivity contribution in [1.29, 1.82) is 0 Å². The number of amides is 2. The number of rotatable bonds is 5. The Morgan fingerprint density at radius 1 is 1.19 bits per heavy atom. The topological polar surface area (TPSA) is 96.5 Å². The van der Waals surface area contributed by atoms with Gasteiger partial charge < -0.3 is 15.7 Å². The number of hydrogen-bond acceptors (Lipinski definition) is 4. The molecule has 4 rings (SSSR count). The molecule has 2 atom stereocenters. The second kappa shape index (κ2) is 8.55. The first-order valence-corrected chi connectivity index (χ1v) is 10.1. The molecule has 32 heavy (non-hydrogen) atoms. The fraction of sp³-hybridized carbons (Fsp3) is 0.174. The van der Waals surface area contributed by atoms with Gasteiger partial charge in [0, 0.05) is 23.0 Å². The zero-order valence-corrected chi connectivity index (χ0v) is 17.4. The minimum absolute atomic E-state index is 0.117. The van der Waals surface area contributed by atoms with E-state index in [9.17, 15) is 23.5 Å². The summed E-state index contributed by atoms with van der Waals surface area (Å²) in [6.07, 6.45) is 3.37. The summed E-state index contributed by atoms with van der Waals surface area (Å²) in [4.78, 5) is 31.3. The monoisotopic (exact) mass is 457 g/mol. The number of nitrogens with zero attached hydrogens (tertiary/aromatic N) is 2. The number of aromatic nitrogens is 1. The number of carbonyl (C=O) groups excluding carboxylic acids is 2. The number of pyridine rings is 1. The van der Waals surface area contributed by atoms with Crippen LogP contribution in [0.2, 0.25) is 5.02 Å². The zero-order valence-electron chi connectivity index (χ0n) is 16.6. The van der Waals surface area contributed by atoms with Crippen LogP contribution < -0.4 is 5.73 Å². The molecule has 1 unspecified atom stereocenters. The molecule has 3 N–H and O–H groups in total. The van der Waals surface area contributed by atoms with Gasteiger partial charge in [0.25, 0.3) is 5.91 Å². The molecule has 1 aliphatic rings. The zero-order chi connectivity index (χ0) is 23.0. The van der Waals surface area contributed by atoms with Crippen LogP contribution in [0.4, 0.5) is 8.78 Å². The highest BCUT2D eigenvalue weighted by atomic mass is 35.5. The van der Waals surface area contributed by atoms with Gasteiger partial charge in [-0.15, -0.1) is 0 Å². The van der Waals surface area contributed by atoms with E-state index in [1.54, 1.807) is 12.1 Å². The summed E-state index contributed by atoms with van der Waals surface area (Å²) >= 11 is 6.06. The van der Waals surface area contributed by atoms with Crippen molar-refractivity contribution in [3.05, 3.63) is 93.8 Å². The Hall–Kier alpha value is -3.52. The molecule has 1 aliphatic carbocycles. The lowest BCUT2D eigenvalue weighted by molar-refractivity contribution is -0.123. The Labute approximate surface area is 187 Å². The van der Waals surface area contributed by atoms with Gasteiger partial charge in [-0.2, -0.15) is 0 Å². The number of primary amides is 1. The highest BCUT2D eigenvalue weighted by Crippen LogP contribution is 2.43. The van der Waals surface area contributed by atoms with Gasteiger partial charge in [-0.05, 0) is 54.3 Å². The maximum absolute atomic E-state index is 14.6. The molecule has 1 heterocycles. The van der Waals surface area contributed by atoms with Crippen LogP contribution in [0.15, 0.2) is 54.9 Å². The first-order valence-electron chi connectivity index (χ1n) is 9.76. The standard InChI is InChI=1S/C23H18ClF2N3O3/c24-13-9-15-14(17(26)10-13)6-7-18(15)29(21(22(27)31)12-3-2-8-28-11-12)23(32)20-16(25)4-1-5-19(20)30/h1-5,8-11,18,21,30H,6-7H2,(H2,27,31)/t18-,21?/m1/s1. The summed E-state index contributed by atoms with van der Waals surface area (Å²) < 4.78 is 29.2. The molecule has 0 saturated heterocycles. The maximum atomic E-state index is 14.6. The summed E-state index contributed by atoms with van der Waals surface area (Å²) in [5.74, 6) is -3.95. The van der Waals surface area contributed by atoms with Crippen molar-refractivity contribution in [3.8, 4) is 5.75 Å². The summed E-state index contributed by atoms with van der Waals surface area (Å²) in [7, 11) is 0. The van der Waals surface area contributed by atoms with Crippen molar-refractivity contribution in [2.45, 2.75) is 24.9 Å². The molecule has 0 radical (unpaired) electrons. The molecule has 0 aliphatic heterocycles. The fourth-order valence-corrected chi connectivity index (χ4v) is 4.42. The SMILES string of the molecule is NC(=O)C(c1cccnc1)N(C(=O)c1c(O)cccc1F)[C@@H]1CCc2c(F)cc(Cl)cc21. The number of carbonyl (C=O) groups is 2. The molecule has 164 valence electrons. The van der Waals surface area contributed by atoms with Crippen molar-refractivity contribution in [1.82, 2.24) is 9.88 Å². The predicted octanol–water partition coefficient (Wildman–Crippen LogP) is 4.08. The van der Waals surface area contributed by atoms with Gasteiger partial charge in [0.05, 0.1) is 6.04 Å². The third-order valence-electron chi connectivity index (χ3n) is 5.55. The number of phenols is 1. The summed E-state index contributed by atoms with van der Waals surface area (Å²) in [5.41, 5.74) is 6.12. The number of hydrogen-bond donors (Lipinski definition) is 2. The number of halogens is 3. The Bertz CT molecular complexity index is 1190. The van der Waals surface area contributed by atoms with Crippen molar-refractivity contribution in [2.75, 3.05) is 0 Å². The molecule has 0 spiro atoms. The number of benzene rings is 2. The first-order chi connectivity index (χ1) is 15.3. The number of nitrogens with two attached hydrogens (primary N) is 1. The van der Waals surface area contributed by atoms with E-state index in [1.807, 2.05) is 0 Å². The molecular weight excluding hydrogens is 440 g/mol. The van der Waals surface area contributed by atoms with Gasteiger partial charge in [-0.25, -0.2) is 8.78 Å². The van der Waals surface area contributed by atoms with E-state index in [0.29, 0.717) is 16.7 Å². The third kappa shape index (κ3) is 3.78. The number of fused-ring (bicyclic) bond motifs is 1. The normalized spacial score (nSPS) is 15.8. The Balaban J connectivity index is 1.93. The Morgan fingerprint density at radius 2 is 1.97 bits per heavy atom. The van der Waals surface area contributed by atoms with E-state index in [-0.39, 0.29) is 17.9 Å². The maximum Gasteiger partial charge on any atom is 0.262 e. The van der Waals surface area contributed by atoms with E-state index in [0.717, 1.165) is 17.0 Å². The van der Waals surface area contributed by atoms with E-state index < -0.39 is 46.8 Å².